The van der Waals surface area contributed by atoms with Gasteiger partial charge in [-0.1, -0.05) is 29.8 Å². The van der Waals surface area contributed by atoms with Crippen molar-refractivity contribution in [3.8, 4) is 0 Å². The van der Waals surface area contributed by atoms with Gasteiger partial charge in [0.25, 0.3) is 0 Å². The number of anilines is 1. The number of carbonyl (C=O) groups is 2. The van der Waals surface area contributed by atoms with Gasteiger partial charge >= 0.3 is 11.7 Å². The molecule has 0 saturated heterocycles. The van der Waals surface area contributed by atoms with E-state index in [1.807, 2.05) is 55.5 Å². The standard InChI is InChI=1S/C22H25N3O4S/c1-15-8-10-17(11-9-15)23-20(26)14-30-16(2)21(27)29-13-5-12-25-19-7-4-3-6-18(19)24-22(25)28/h3-4,6-11,16H,5,12-14H2,1-2H3,(H,23,26)(H,24,28). The van der Waals surface area contributed by atoms with Gasteiger partial charge in [-0.25, -0.2) is 4.79 Å². The van der Waals surface area contributed by atoms with Crippen LogP contribution in [-0.4, -0.2) is 39.0 Å². The van der Waals surface area contributed by atoms with E-state index in [2.05, 4.69) is 10.3 Å². The van der Waals surface area contributed by atoms with Crippen molar-refractivity contribution >= 4 is 40.4 Å². The van der Waals surface area contributed by atoms with Crippen LogP contribution in [0, 0.1) is 6.92 Å². The van der Waals surface area contributed by atoms with Gasteiger partial charge in [-0.05, 0) is 44.5 Å². The van der Waals surface area contributed by atoms with Crippen LogP contribution in [0.25, 0.3) is 11.0 Å². The maximum absolute atomic E-state index is 12.1. The molecule has 0 aliphatic rings. The first-order valence-electron chi connectivity index (χ1n) is 9.76. The summed E-state index contributed by atoms with van der Waals surface area (Å²) in [6.45, 7) is 4.37. The molecule has 7 nitrogen and oxygen atoms in total. The van der Waals surface area contributed by atoms with Crippen molar-refractivity contribution in [2.75, 3.05) is 17.7 Å². The van der Waals surface area contributed by atoms with E-state index in [1.54, 1.807) is 11.5 Å². The highest BCUT2D eigenvalue weighted by Crippen LogP contribution is 2.15. The van der Waals surface area contributed by atoms with Crippen LogP contribution >= 0.6 is 11.8 Å². The molecule has 0 saturated carbocycles. The number of aromatic nitrogens is 2. The molecule has 1 unspecified atom stereocenters. The van der Waals surface area contributed by atoms with E-state index in [1.165, 1.54) is 11.8 Å². The minimum absolute atomic E-state index is 0.162. The first kappa shape index (κ1) is 21.7. The second-order valence-corrected chi connectivity index (χ2v) is 8.32. The molecule has 3 aromatic rings. The van der Waals surface area contributed by atoms with Gasteiger partial charge in [0, 0.05) is 12.2 Å². The summed E-state index contributed by atoms with van der Waals surface area (Å²) < 4.78 is 6.94. The number of aromatic amines is 1. The molecule has 0 aliphatic carbocycles. The lowest BCUT2D eigenvalue weighted by Crippen LogP contribution is -2.22. The molecule has 1 aromatic heterocycles. The van der Waals surface area contributed by atoms with Crippen molar-refractivity contribution in [2.45, 2.75) is 32.1 Å². The Kier molecular flexibility index (Phi) is 7.35. The third kappa shape index (κ3) is 5.76. The average molecular weight is 428 g/mol. The minimum atomic E-state index is -0.454. The smallest absolute Gasteiger partial charge is 0.326 e. The topological polar surface area (TPSA) is 93.2 Å². The number of nitrogens with zero attached hydrogens (tertiary/aromatic N) is 1. The fourth-order valence-corrected chi connectivity index (χ4v) is 3.62. The quantitative estimate of drug-likeness (QED) is 0.404. The first-order valence-corrected chi connectivity index (χ1v) is 10.8. The Morgan fingerprint density at radius 2 is 1.90 bits per heavy atom. The normalized spacial score (nSPS) is 11.9. The van der Waals surface area contributed by atoms with Gasteiger partial charge in [0.15, 0.2) is 0 Å². The Bertz CT molecular complexity index is 1070. The van der Waals surface area contributed by atoms with Gasteiger partial charge in [0.2, 0.25) is 5.91 Å². The molecular weight excluding hydrogens is 402 g/mol. The molecule has 8 heteroatoms. The van der Waals surface area contributed by atoms with E-state index >= 15 is 0 Å². The predicted molar refractivity (Wildman–Crippen MR) is 120 cm³/mol. The van der Waals surface area contributed by atoms with Gasteiger partial charge in [-0.15, -0.1) is 11.8 Å². The fraction of sp³-hybridized carbons (Fsp3) is 0.318. The Hall–Kier alpha value is -3.00. The van der Waals surface area contributed by atoms with Crippen LogP contribution in [0.4, 0.5) is 5.69 Å². The molecule has 2 N–H and O–H groups in total. The second-order valence-electron chi connectivity index (χ2n) is 6.99. The number of benzene rings is 2. The molecule has 0 radical (unpaired) electrons. The van der Waals surface area contributed by atoms with Gasteiger partial charge in [0.05, 0.1) is 23.4 Å². The van der Waals surface area contributed by atoms with Crippen LogP contribution < -0.4 is 11.0 Å². The van der Waals surface area contributed by atoms with E-state index in [0.717, 1.165) is 22.3 Å². The number of carbonyl (C=O) groups excluding carboxylic acids is 2. The number of aryl methyl sites for hydroxylation is 2. The molecule has 158 valence electrons. The third-order valence-corrected chi connectivity index (χ3v) is 5.70. The van der Waals surface area contributed by atoms with Crippen molar-refractivity contribution in [2.24, 2.45) is 0 Å². The van der Waals surface area contributed by atoms with E-state index in [-0.39, 0.29) is 29.9 Å². The molecule has 0 bridgehead atoms. The van der Waals surface area contributed by atoms with E-state index in [0.29, 0.717) is 13.0 Å². The molecular formula is C22H25N3O4S. The zero-order valence-corrected chi connectivity index (χ0v) is 17.8. The Labute approximate surface area is 178 Å². The number of H-pyrrole nitrogens is 1. The summed E-state index contributed by atoms with van der Waals surface area (Å²) in [5, 5.41) is 2.35. The summed E-state index contributed by atoms with van der Waals surface area (Å²) in [6.07, 6.45) is 0.527. The predicted octanol–water partition coefficient (Wildman–Crippen LogP) is 3.33. The molecule has 3 rings (SSSR count). The number of amides is 1. The molecule has 2 aromatic carbocycles. The van der Waals surface area contributed by atoms with Gasteiger partial charge in [-0.2, -0.15) is 0 Å². The summed E-state index contributed by atoms with van der Waals surface area (Å²) in [7, 11) is 0. The molecule has 1 heterocycles. The van der Waals surface area contributed by atoms with Crippen molar-refractivity contribution in [1.29, 1.82) is 0 Å². The molecule has 0 spiro atoms. The second kappa shape index (κ2) is 10.2. The number of hydrogen-bond acceptors (Lipinski definition) is 5. The van der Waals surface area contributed by atoms with Crippen molar-refractivity contribution < 1.29 is 14.3 Å². The highest BCUT2D eigenvalue weighted by molar-refractivity contribution is 8.01. The monoisotopic (exact) mass is 427 g/mol. The van der Waals surface area contributed by atoms with Crippen LogP contribution in [-0.2, 0) is 20.9 Å². The fourth-order valence-electron chi connectivity index (χ4n) is 2.94. The largest absolute Gasteiger partial charge is 0.465 e. The average Bonchev–Trinajstić information content (AvgIpc) is 3.06. The molecule has 0 fully saturated rings. The Morgan fingerprint density at radius 1 is 1.17 bits per heavy atom. The van der Waals surface area contributed by atoms with Gasteiger partial charge in [-0.3, -0.25) is 14.2 Å². The number of fused-ring (bicyclic) bond motifs is 1. The highest BCUT2D eigenvalue weighted by atomic mass is 32.2. The summed E-state index contributed by atoms with van der Waals surface area (Å²) in [4.78, 5) is 39.0. The zero-order valence-electron chi connectivity index (χ0n) is 17.0. The summed E-state index contributed by atoms with van der Waals surface area (Å²) >= 11 is 1.23. The summed E-state index contributed by atoms with van der Waals surface area (Å²) in [5.74, 6) is -0.369. The maximum Gasteiger partial charge on any atom is 0.326 e. The van der Waals surface area contributed by atoms with Crippen molar-refractivity contribution in [1.82, 2.24) is 9.55 Å². The molecule has 0 aliphatic heterocycles. The lowest BCUT2D eigenvalue weighted by Gasteiger charge is -2.12. The number of para-hydroxylation sites is 2. The molecule has 30 heavy (non-hydrogen) atoms. The Morgan fingerprint density at radius 3 is 2.67 bits per heavy atom. The van der Waals surface area contributed by atoms with Gasteiger partial charge < -0.3 is 15.0 Å². The van der Waals surface area contributed by atoms with Crippen molar-refractivity contribution in [3.63, 3.8) is 0 Å². The van der Waals surface area contributed by atoms with Crippen LogP contribution in [0.5, 0.6) is 0 Å². The number of rotatable bonds is 9. The number of esters is 1. The van der Waals surface area contributed by atoms with Crippen LogP contribution in [0.2, 0.25) is 0 Å². The van der Waals surface area contributed by atoms with Gasteiger partial charge in [0.1, 0.15) is 5.25 Å². The summed E-state index contributed by atoms with van der Waals surface area (Å²) in [5.41, 5.74) is 3.29. The number of imidazole rings is 1. The Balaban J connectivity index is 1.38. The number of nitrogens with one attached hydrogen (secondary N) is 2. The lowest BCUT2D eigenvalue weighted by atomic mass is 10.2. The van der Waals surface area contributed by atoms with Crippen molar-refractivity contribution in [3.05, 3.63) is 64.6 Å². The SMILES string of the molecule is Cc1ccc(NC(=O)CSC(C)C(=O)OCCCn2c(=O)[nH]c3ccccc32)cc1. The maximum atomic E-state index is 12.1. The number of thioether (sulfide) groups is 1. The third-order valence-electron chi connectivity index (χ3n) is 4.58. The minimum Gasteiger partial charge on any atom is -0.465 e. The molecule has 1 amide bonds. The first-order chi connectivity index (χ1) is 14.4. The van der Waals surface area contributed by atoms with Crippen LogP contribution in [0.3, 0.4) is 0 Å². The van der Waals surface area contributed by atoms with E-state index in [4.69, 9.17) is 4.74 Å². The van der Waals surface area contributed by atoms with E-state index in [9.17, 15) is 14.4 Å². The summed E-state index contributed by atoms with van der Waals surface area (Å²) in [6, 6.07) is 15.0. The number of hydrogen-bond donors (Lipinski definition) is 2. The zero-order chi connectivity index (χ0) is 21.5. The highest BCUT2D eigenvalue weighted by Gasteiger charge is 2.17. The van der Waals surface area contributed by atoms with Crippen LogP contribution in [0.15, 0.2) is 53.3 Å². The van der Waals surface area contributed by atoms with E-state index < -0.39 is 5.25 Å². The van der Waals surface area contributed by atoms with Crippen LogP contribution in [0.1, 0.15) is 18.9 Å². The number of ether oxygens (including phenoxy) is 1. The lowest BCUT2D eigenvalue weighted by molar-refractivity contribution is -0.142. The molecule has 1 atom stereocenters.